The molecule has 0 aliphatic heterocycles. The smallest absolute Gasteiger partial charge is 0.307 e. The summed E-state index contributed by atoms with van der Waals surface area (Å²) in [5.74, 6) is 1.89. The SMILES string of the molecule is C[C@]12CC[C@H](OC(=O)CCN)CC1CC(C=O)[C@@H]1[C@@H]2CC[C@]2(C)C(=O)CC[C@@H]12. The van der Waals surface area contributed by atoms with E-state index in [9.17, 15) is 14.4 Å². The summed E-state index contributed by atoms with van der Waals surface area (Å²) in [6, 6.07) is 0. The van der Waals surface area contributed by atoms with E-state index in [0.29, 0.717) is 42.4 Å². The van der Waals surface area contributed by atoms with E-state index in [0.717, 1.165) is 44.9 Å². The van der Waals surface area contributed by atoms with Crippen LogP contribution in [0, 0.1) is 40.4 Å². The van der Waals surface area contributed by atoms with Crippen LogP contribution in [0.25, 0.3) is 0 Å². The summed E-state index contributed by atoms with van der Waals surface area (Å²) in [7, 11) is 0. The van der Waals surface area contributed by atoms with Crippen LogP contribution in [0.15, 0.2) is 0 Å². The van der Waals surface area contributed by atoms with Crippen molar-refractivity contribution in [2.75, 3.05) is 6.54 Å². The Morgan fingerprint density at radius 2 is 1.96 bits per heavy atom. The number of aldehydes is 1. The van der Waals surface area contributed by atoms with Crippen molar-refractivity contribution >= 4 is 18.0 Å². The van der Waals surface area contributed by atoms with Crippen LogP contribution in [-0.4, -0.2) is 30.7 Å². The van der Waals surface area contributed by atoms with Crippen molar-refractivity contribution in [3.63, 3.8) is 0 Å². The fourth-order valence-electron chi connectivity index (χ4n) is 7.67. The molecule has 4 fully saturated rings. The first-order valence-electron chi connectivity index (χ1n) is 11.2. The molecule has 4 aliphatic carbocycles. The van der Waals surface area contributed by atoms with E-state index < -0.39 is 0 Å². The molecule has 0 bridgehead atoms. The predicted molar refractivity (Wildman–Crippen MR) is 105 cm³/mol. The number of carbonyl (C=O) groups excluding carboxylic acids is 3. The summed E-state index contributed by atoms with van der Waals surface area (Å²) in [6.45, 7) is 4.89. The van der Waals surface area contributed by atoms with Gasteiger partial charge < -0.3 is 15.3 Å². The molecule has 0 aromatic carbocycles. The van der Waals surface area contributed by atoms with Crippen molar-refractivity contribution in [2.24, 2.45) is 46.2 Å². The van der Waals surface area contributed by atoms with Gasteiger partial charge in [0.05, 0.1) is 6.42 Å². The Kier molecular flexibility index (Phi) is 5.18. The lowest BCUT2D eigenvalue weighted by Crippen LogP contribution is -2.57. The highest BCUT2D eigenvalue weighted by Crippen LogP contribution is 2.66. The van der Waals surface area contributed by atoms with Gasteiger partial charge in [-0.25, -0.2) is 0 Å². The molecular weight excluding hydrogens is 354 g/mol. The van der Waals surface area contributed by atoms with E-state index in [1.807, 2.05) is 0 Å². The third-order valence-electron chi connectivity index (χ3n) is 9.25. The number of nitrogens with two attached hydrogens (primary N) is 1. The maximum absolute atomic E-state index is 12.6. The molecule has 0 aromatic heterocycles. The van der Waals surface area contributed by atoms with Crippen molar-refractivity contribution in [3.8, 4) is 0 Å². The second-order valence-electron chi connectivity index (χ2n) is 10.4. The summed E-state index contributed by atoms with van der Waals surface area (Å²) in [6.07, 6.45) is 8.78. The van der Waals surface area contributed by atoms with Crippen LogP contribution in [0.3, 0.4) is 0 Å². The minimum atomic E-state index is -0.208. The van der Waals surface area contributed by atoms with Crippen LogP contribution in [0.4, 0.5) is 0 Å². The minimum Gasteiger partial charge on any atom is -0.462 e. The van der Waals surface area contributed by atoms with Crippen molar-refractivity contribution in [2.45, 2.75) is 77.7 Å². The summed E-state index contributed by atoms with van der Waals surface area (Å²) in [5, 5.41) is 0. The van der Waals surface area contributed by atoms with E-state index in [2.05, 4.69) is 13.8 Å². The Balaban J connectivity index is 1.56. The van der Waals surface area contributed by atoms with Crippen molar-refractivity contribution < 1.29 is 19.1 Å². The normalized spacial score (nSPS) is 47.6. The van der Waals surface area contributed by atoms with Gasteiger partial charge in [-0.05, 0) is 74.0 Å². The highest BCUT2D eigenvalue weighted by molar-refractivity contribution is 5.87. The van der Waals surface area contributed by atoms with Gasteiger partial charge >= 0.3 is 5.97 Å². The van der Waals surface area contributed by atoms with E-state index in [4.69, 9.17) is 10.5 Å². The molecule has 0 spiro atoms. The highest BCUT2D eigenvalue weighted by atomic mass is 16.5. The van der Waals surface area contributed by atoms with Crippen molar-refractivity contribution in [1.29, 1.82) is 0 Å². The van der Waals surface area contributed by atoms with Gasteiger partial charge in [0, 0.05) is 24.3 Å². The van der Waals surface area contributed by atoms with E-state index in [-0.39, 0.29) is 35.2 Å². The molecule has 0 heterocycles. The van der Waals surface area contributed by atoms with Gasteiger partial charge in [0.2, 0.25) is 0 Å². The molecule has 0 saturated heterocycles. The lowest BCUT2D eigenvalue weighted by Gasteiger charge is -2.61. The summed E-state index contributed by atoms with van der Waals surface area (Å²) >= 11 is 0. The largest absolute Gasteiger partial charge is 0.462 e. The third-order valence-corrected chi connectivity index (χ3v) is 9.25. The predicted octanol–water partition coefficient (Wildman–Crippen LogP) is 3.28. The first kappa shape index (κ1) is 20.1. The monoisotopic (exact) mass is 389 g/mol. The summed E-state index contributed by atoms with van der Waals surface area (Å²) in [4.78, 5) is 36.6. The van der Waals surface area contributed by atoms with Gasteiger partial charge in [-0.2, -0.15) is 0 Å². The molecule has 2 N–H and O–H groups in total. The molecule has 4 rings (SSSR count). The number of ether oxygens (including phenoxy) is 1. The molecular formula is C23H35NO4. The fourth-order valence-corrected chi connectivity index (χ4v) is 7.67. The van der Waals surface area contributed by atoms with Crippen LogP contribution >= 0.6 is 0 Å². The Hall–Kier alpha value is -1.23. The number of ketones is 1. The second kappa shape index (κ2) is 7.23. The first-order chi connectivity index (χ1) is 13.3. The lowest BCUT2D eigenvalue weighted by molar-refractivity contribution is -0.170. The number of carbonyl (C=O) groups is 3. The average Bonchev–Trinajstić information content (AvgIpc) is 2.97. The molecule has 4 saturated carbocycles. The maximum Gasteiger partial charge on any atom is 0.307 e. The molecule has 0 aromatic rings. The van der Waals surface area contributed by atoms with E-state index >= 15 is 0 Å². The molecule has 8 atom stereocenters. The van der Waals surface area contributed by atoms with E-state index in [1.54, 1.807) is 0 Å². The summed E-state index contributed by atoms with van der Waals surface area (Å²) < 4.78 is 5.68. The third kappa shape index (κ3) is 2.96. The molecule has 4 aliphatic rings. The number of hydrogen-bond donors (Lipinski definition) is 1. The number of esters is 1. The maximum atomic E-state index is 12.6. The van der Waals surface area contributed by atoms with Crippen LogP contribution < -0.4 is 5.73 Å². The standard InChI is InChI=1S/C23H35NO4/c1-22-8-5-16(28-20(27)7-10-24)12-15(22)11-14(13-25)21-17-3-4-19(26)23(17,2)9-6-18(21)22/h13-18,21H,3-12,24H2,1-2H3/t14?,15?,16-,17-,18-,21-,22-,23-/m0/s1. The van der Waals surface area contributed by atoms with Gasteiger partial charge in [-0.3, -0.25) is 9.59 Å². The molecule has 0 radical (unpaired) electrons. The zero-order chi connectivity index (χ0) is 20.1. The van der Waals surface area contributed by atoms with Crippen LogP contribution in [0.2, 0.25) is 0 Å². The van der Waals surface area contributed by atoms with Gasteiger partial charge in [0.15, 0.2) is 0 Å². The van der Waals surface area contributed by atoms with Crippen molar-refractivity contribution in [1.82, 2.24) is 0 Å². The second-order valence-corrected chi connectivity index (χ2v) is 10.4. The molecule has 2 unspecified atom stereocenters. The van der Waals surface area contributed by atoms with Gasteiger partial charge in [0.1, 0.15) is 18.2 Å². The lowest BCUT2D eigenvalue weighted by atomic mass is 9.43. The topological polar surface area (TPSA) is 86.5 Å². The summed E-state index contributed by atoms with van der Waals surface area (Å²) in [5.41, 5.74) is 5.45. The number of rotatable bonds is 4. The van der Waals surface area contributed by atoms with E-state index in [1.165, 1.54) is 6.29 Å². The quantitative estimate of drug-likeness (QED) is 0.589. The van der Waals surface area contributed by atoms with Gasteiger partial charge in [0.25, 0.3) is 0 Å². The Morgan fingerprint density at radius 1 is 1.18 bits per heavy atom. The zero-order valence-electron chi connectivity index (χ0n) is 17.3. The fraction of sp³-hybridized carbons (Fsp3) is 0.870. The van der Waals surface area contributed by atoms with Crippen LogP contribution in [-0.2, 0) is 19.1 Å². The van der Waals surface area contributed by atoms with Gasteiger partial charge in [-0.1, -0.05) is 13.8 Å². The molecule has 5 nitrogen and oxygen atoms in total. The molecule has 156 valence electrons. The van der Waals surface area contributed by atoms with Crippen LogP contribution in [0.1, 0.15) is 71.6 Å². The molecule has 5 heteroatoms. The van der Waals surface area contributed by atoms with Crippen molar-refractivity contribution in [3.05, 3.63) is 0 Å². The average molecular weight is 390 g/mol. The number of hydrogen-bond acceptors (Lipinski definition) is 5. The Bertz CT molecular complexity index is 663. The zero-order valence-corrected chi connectivity index (χ0v) is 17.3. The number of Topliss-reactive ketones (excluding diaryl/α,β-unsaturated/α-hetero) is 1. The first-order valence-corrected chi connectivity index (χ1v) is 11.2. The highest BCUT2D eigenvalue weighted by Gasteiger charge is 2.62. The van der Waals surface area contributed by atoms with Gasteiger partial charge in [-0.15, -0.1) is 0 Å². The number of fused-ring (bicyclic) bond motifs is 5. The Labute approximate surface area is 168 Å². The molecule has 28 heavy (non-hydrogen) atoms. The van der Waals surface area contributed by atoms with Crippen LogP contribution in [0.5, 0.6) is 0 Å². The molecule has 0 amide bonds. The minimum absolute atomic E-state index is 0.0390. The Morgan fingerprint density at radius 3 is 2.68 bits per heavy atom.